The zero-order valence-corrected chi connectivity index (χ0v) is 14.2. The maximum atomic E-state index is 13.2. The van der Waals surface area contributed by atoms with Crippen molar-refractivity contribution >= 4 is 22.4 Å². The number of rotatable bonds is 6. The van der Waals surface area contributed by atoms with Crippen molar-refractivity contribution in [2.24, 2.45) is 0 Å². The molecule has 0 N–H and O–H groups in total. The van der Waals surface area contributed by atoms with Crippen LogP contribution in [0.15, 0.2) is 24.4 Å². The monoisotopic (exact) mass is 344 g/mol. The third-order valence-electron chi connectivity index (χ3n) is 3.35. The number of hydrogen-bond donors (Lipinski definition) is 0. The lowest BCUT2D eigenvalue weighted by atomic mass is 10.3. The third-order valence-corrected chi connectivity index (χ3v) is 4.59. The first-order valence-electron chi connectivity index (χ1n) is 6.73. The summed E-state index contributed by atoms with van der Waals surface area (Å²) in [6.07, 6.45) is 3.47. The molecule has 0 aliphatic carbocycles. The Morgan fingerprint density at radius 1 is 1.50 bits per heavy atom. The van der Waals surface area contributed by atoms with Gasteiger partial charge in [-0.3, -0.25) is 9.11 Å². The third kappa shape index (κ3) is 4.34. The number of aromatic nitrogens is 3. The van der Waals surface area contributed by atoms with Crippen LogP contribution in [0.1, 0.15) is 12.6 Å². The van der Waals surface area contributed by atoms with Gasteiger partial charge in [0.15, 0.2) is 0 Å². The van der Waals surface area contributed by atoms with Crippen LogP contribution < -0.4 is 0 Å². The zero-order valence-electron chi connectivity index (χ0n) is 12.7. The van der Waals surface area contributed by atoms with Crippen molar-refractivity contribution in [2.75, 3.05) is 19.1 Å². The van der Waals surface area contributed by atoms with E-state index in [-0.39, 0.29) is 11.1 Å². The van der Waals surface area contributed by atoms with E-state index in [1.807, 2.05) is 14.0 Å². The van der Waals surface area contributed by atoms with E-state index >= 15 is 0 Å². The maximum absolute atomic E-state index is 13.2. The topological polar surface area (TPSA) is 51.0 Å². The normalized spacial score (nSPS) is 14.3. The number of halogens is 2. The summed E-state index contributed by atoms with van der Waals surface area (Å²) in [7, 11) is 1.11. The summed E-state index contributed by atoms with van der Waals surface area (Å²) in [4.78, 5) is 2.06. The Bertz CT molecular complexity index is 679. The highest BCUT2D eigenvalue weighted by Gasteiger charge is 2.13. The standard InChI is InChI=1S/C14H18ClFN4OS/c1-10(9-22(3)21)19(2)7-11-8-20(18-17-11)12-4-5-14(16)13(15)6-12/h4-6,8,10H,7,9H2,1-3H3/t10-,22+/m1/s1. The van der Waals surface area contributed by atoms with Gasteiger partial charge in [0.1, 0.15) is 5.82 Å². The Hall–Kier alpha value is -1.31. The summed E-state index contributed by atoms with van der Waals surface area (Å²) in [5.41, 5.74) is 1.42. The average molecular weight is 345 g/mol. The predicted octanol–water partition coefficient (Wildman–Crippen LogP) is 2.26. The van der Waals surface area contributed by atoms with Gasteiger partial charge in [0.2, 0.25) is 0 Å². The van der Waals surface area contributed by atoms with Gasteiger partial charge in [0.25, 0.3) is 0 Å². The van der Waals surface area contributed by atoms with Crippen LogP contribution in [0.2, 0.25) is 5.02 Å². The minimum Gasteiger partial charge on any atom is -0.297 e. The summed E-state index contributed by atoms with van der Waals surface area (Å²) >= 11 is 5.77. The quantitative estimate of drug-likeness (QED) is 0.806. The molecule has 1 aromatic heterocycles. The highest BCUT2D eigenvalue weighted by Crippen LogP contribution is 2.18. The van der Waals surface area contributed by atoms with Gasteiger partial charge in [0, 0.05) is 35.4 Å². The van der Waals surface area contributed by atoms with E-state index in [0.29, 0.717) is 18.0 Å². The molecule has 5 nitrogen and oxygen atoms in total. The molecule has 0 unspecified atom stereocenters. The Labute approximate surface area is 136 Å². The van der Waals surface area contributed by atoms with Crippen molar-refractivity contribution in [1.82, 2.24) is 19.9 Å². The molecule has 0 fully saturated rings. The number of hydrogen-bond acceptors (Lipinski definition) is 4. The van der Waals surface area contributed by atoms with Crippen molar-refractivity contribution in [3.63, 3.8) is 0 Å². The van der Waals surface area contributed by atoms with Gasteiger partial charge in [-0.05, 0) is 32.2 Å². The van der Waals surface area contributed by atoms with Gasteiger partial charge in [-0.2, -0.15) is 0 Å². The highest BCUT2D eigenvalue weighted by molar-refractivity contribution is 7.84. The van der Waals surface area contributed by atoms with Crippen LogP contribution in [0, 0.1) is 5.82 Å². The molecule has 8 heteroatoms. The van der Waals surface area contributed by atoms with E-state index < -0.39 is 16.6 Å². The predicted molar refractivity (Wildman–Crippen MR) is 86.2 cm³/mol. The summed E-state index contributed by atoms with van der Waals surface area (Å²) in [5.74, 6) is 0.143. The van der Waals surface area contributed by atoms with E-state index in [0.717, 1.165) is 5.69 Å². The summed E-state index contributed by atoms with van der Waals surface area (Å²) in [5, 5.41) is 8.18. The summed E-state index contributed by atoms with van der Waals surface area (Å²) < 4.78 is 26.0. The second kappa shape index (κ2) is 7.30. The van der Waals surface area contributed by atoms with E-state index in [9.17, 15) is 8.60 Å². The van der Waals surface area contributed by atoms with E-state index in [1.54, 1.807) is 23.2 Å². The van der Waals surface area contributed by atoms with E-state index in [1.165, 1.54) is 12.1 Å². The van der Waals surface area contributed by atoms with Crippen molar-refractivity contribution in [3.8, 4) is 5.69 Å². The van der Waals surface area contributed by atoms with E-state index in [4.69, 9.17) is 11.6 Å². The van der Waals surface area contributed by atoms with Crippen LogP contribution in [0.5, 0.6) is 0 Å². The Morgan fingerprint density at radius 2 is 2.23 bits per heavy atom. The van der Waals surface area contributed by atoms with Crippen LogP contribution in [0.4, 0.5) is 4.39 Å². The molecule has 2 rings (SSSR count). The largest absolute Gasteiger partial charge is 0.297 e. The lowest BCUT2D eigenvalue weighted by molar-refractivity contribution is 0.265. The second-order valence-electron chi connectivity index (χ2n) is 5.26. The van der Waals surface area contributed by atoms with Crippen molar-refractivity contribution in [1.29, 1.82) is 0 Å². The van der Waals surface area contributed by atoms with Gasteiger partial charge in [-0.1, -0.05) is 16.8 Å². The second-order valence-corrected chi connectivity index (χ2v) is 7.14. The molecule has 0 amide bonds. The van der Waals surface area contributed by atoms with Crippen molar-refractivity contribution < 1.29 is 8.60 Å². The fraction of sp³-hybridized carbons (Fsp3) is 0.429. The first-order chi connectivity index (χ1) is 10.4. The van der Waals surface area contributed by atoms with Gasteiger partial charge in [-0.15, -0.1) is 5.10 Å². The van der Waals surface area contributed by atoms with Gasteiger partial charge in [0.05, 0.1) is 22.6 Å². The first-order valence-corrected chi connectivity index (χ1v) is 8.84. The molecule has 1 heterocycles. The summed E-state index contributed by atoms with van der Waals surface area (Å²) in [6.45, 7) is 2.61. The van der Waals surface area contributed by atoms with Gasteiger partial charge < -0.3 is 0 Å². The molecule has 22 heavy (non-hydrogen) atoms. The highest BCUT2D eigenvalue weighted by atomic mass is 35.5. The molecule has 0 saturated heterocycles. The minimum atomic E-state index is -0.837. The fourth-order valence-corrected chi connectivity index (χ4v) is 3.11. The molecule has 0 aliphatic rings. The van der Waals surface area contributed by atoms with E-state index in [2.05, 4.69) is 15.2 Å². The first kappa shape index (κ1) is 17.1. The molecule has 120 valence electrons. The average Bonchev–Trinajstić information content (AvgIpc) is 2.89. The van der Waals surface area contributed by atoms with Gasteiger partial charge in [-0.25, -0.2) is 9.07 Å². The SMILES string of the molecule is C[C@H](C[S@](C)=O)N(C)Cc1cn(-c2ccc(F)c(Cl)c2)nn1. The Morgan fingerprint density at radius 3 is 2.86 bits per heavy atom. The molecule has 1 aromatic carbocycles. The Balaban J connectivity index is 2.08. The van der Waals surface area contributed by atoms with Crippen LogP contribution in [-0.4, -0.2) is 49.2 Å². The molecule has 2 aromatic rings. The summed E-state index contributed by atoms with van der Waals surface area (Å²) in [6, 6.07) is 4.56. The van der Waals surface area contributed by atoms with Crippen LogP contribution in [0.25, 0.3) is 5.69 Å². The molecular formula is C14H18ClFN4OS. The smallest absolute Gasteiger partial charge is 0.141 e. The van der Waals surface area contributed by atoms with Crippen LogP contribution in [-0.2, 0) is 17.3 Å². The van der Waals surface area contributed by atoms with Crippen molar-refractivity contribution in [3.05, 3.63) is 40.9 Å². The van der Waals surface area contributed by atoms with Crippen molar-refractivity contribution in [2.45, 2.75) is 19.5 Å². The van der Waals surface area contributed by atoms with Crippen LogP contribution >= 0.6 is 11.6 Å². The Kier molecular flexibility index (Phi) is 5.66. The van der Waals surface area contributed by atoms with Gasteiger partial charge >= 0.3 is 0 Å². The molecule has 0 bridgehead atoms. The number of nitrogens with zero attached hydrogens (tertiary/aromatic N) is 4. The lowest BCUT2D eigenvalue weighted by Gasteiger charge is -2.22. The molecule has 2 atom stereocenters. The fourth-order valence-electron chi connectivity index (χ4n) is 2.00. The molecular weight excluding hydrogens is 327 g/mol. The maximum Gasteiger partial charge on any atom is 0.141 e. The zero-order chi connectivity index (χ0) is 16.3. The number of benzene rings is 1. The minimum absolute atomic E-state index is 0.0470. The molecule has 0 radical (unpaired) electrons. The lowest BCUT2D eigenvalue weighted by Crippen LogP contribution is -2.33. The molecule has 0 saturated carbocycles. The molecule has 0 spiro atoms. The van der Waals surface area contributed by atoms with Crippen LogP contribution in [0.3, 0.4) is 0 Å². The molecule has 0 aliphatic heterocycles.